The molecule has 11 nitrogen and oxygen atoms in total. The van der Waals surface area contributed by atoms with E-state index >= 15 is 0 Å². The highest BCUT2D eigenvalue weighted by Crippen LogP contribution is 2.48. The summed E-state index contributed by atoms with van der Waals surface area (Å²) in [6, 6.07) is 2.04. The average Bonchev–Trinajstić information content (AvgIpc) is 3.15. The Hall–Kier alpha value is -4.02. The highest BCUT2D eigenvalue weighted by Gasteiger charge is 2.37. The van der Waals surface area contributed by atoms with Gasteiger partial charge >= 0.3 is 0 Å². The quantitative estimate of drug-likeness (QED) is 0.455. The molecule has 1 unspecified atom stereocenters. The number of H-pyrrole nitrogens is 2. The summed E-state index contributed by atoms with van der Waals surface area (Å²) >= 11 is 0. The first kappa shape index (κ1) is 16.7. The second-order valence-electron chi connectivity index (χ2n) is 8.20. The second-order valence-corrected chi connectivity index (χ2v) is 8.20. The molecule has 2 aliphatic rings. The van der Waals surface area contributed by atoms with Crippen molar-refractivity contribution in [3.05, 3.63) is 52.9 Å². The van der Waals surface area contributed by atoms with Crippen molar-refractivity contribution in [2.24, 2.45) is 7.05 Å². The molecule has 31 heavy (non-hydrogen) atoms. The summed E-state index contributed by atoms with van der Waals surface area (Å²) in [5, 5.41) is 23.9. The molecule has 1 aliphatic carbocycles. The topological polar surface area (TPSA) is 127 Å². The van der Waals surface area contributed by atoms with Crippen molar-refractivity contribution in [1.82, 2.24) is 49.8 Å². The van der Waals surface area contributed by atoms with Gasteiger partial charge in [0.1, 0.15) is 12.0 Å². The normalized spacial score (nSPS) is 17.5. The number of ether oxygens (including phenoxy) is 1. The molecule has 11 heteroatoms. The van der Waals surface area contributed by atoms with Crippen LogP contribution in [0.3, 0.4) is 0 Å². The molecular formula is C20H18N10O. The van der Waals surface area contributed by atoms with Gasteiger partial charge in [-0.15, -0.1) is 10.2 Å². The Kier molecular flexibility index (Phi) is 3.12. The van der Waals surface area contributed by atoms with Gasteiger partial charge in [-0.3, -0.25) is 14.9 Å². The van der Waals surface area contributed by atoms with Crippen molar-refractivity contribution in [2.75, 3.05) is 0 Å². The van der Waals surface area contributed by atoms with Gasteiger partial charge in [-0.1, -0.05) is 0 Å². The highest BCUT2D eigenvalue weighted by atomic mass is 16.5. The molecule has 7 rings (SSSR count). The largest absolute Gasteiger partial charge is 0.418 e. The molecule has 5 aromatic rings. The molecule has 1 saturated carbocycles. The van der Waals surface area contributed by atoms with E-state index in [0.717, 1.165) is 33.8 Å². The number of aromatic nitrogens is 10. The Balaban J connectivity index is 1.44. The summed E-state index contributed by atoms with van der Waals surface area (Å²) in [7, 11) is 1.90. The highest BCUT2D eigenvalue weighted by molar-refractivity contribution is 5.67. The molecule has 1 atom stereocenters. The van der Waals surface area contributed by atoms with Crippen molar-refractivity contribution >= 4 is 5.65 Å². The van der Waals surface area contributed by atoms with Crippen LogP contribution in [-0.4, -0.2) is 49.8 Å². The fourth-order valence-corrected chi connectivity index (χ4v) is 4.35. The third-order valence-corrected chi connectivity index (χ3v) is 6.02. The first-order valence-corrected chi connectivity index (χ1v) is 10.2. The maximum Gasteiger partial charge on any atom is 0.244 e. The van der Waals surface area contributed by atoms with Crippen LogP contribution in [-0.2, 0) is 7.05 Å². The van der Waals surface area contributed by atoms with Crippen molar-refractivity contribution in [2.45, 2.75) is 31.6 Å². The Morgan fingerprint density at radius 3 is 2.84 bits per heavy atom. The molecule has 0 saturated heterocycles. The van der Waals surface area contributed by atoms with Gasteiger partial charge in [-0.05, 0) is 25.8 Å². The number of hydrogen-bond donors (Lipinski definition) is 2. The van der Waals surface area contributed by atoms with E-state index in [2.05, 4.69) is 35.6 Å². The molecule has 2 N–H and O–H groups in total. The molecule has 0 radical (unpaired) electrons. The van der Waals surface area contributed by atoms with Crippen molar-refractivity contribution in [1.29, 1.82) is 0 Å². The van der Waals surface area contributed by atoms with Gasteiger partial charge < -0.3 is 4.74 Å². The lowest BCUT2D eigenvalue weighted by Gasteiger charge is -2.24. The summed E-state index contributed by atoms with van der Waals surface area (Å²) in [6.45, 7) is 1.98. The van der Waals surface area contributed by atoms with Crippen LogP contribution < -0.4 is 4.74 Å². The Labute approximate surface area is 175 Å². The van der Waals surface area contributed by atoms with E-state index in [1.165, 1.54) is 12.8 Å². The predicted octanol–water partition coefficient (Wildman–Crippen LogP) is 2.44. The van der Waals surface area contributed by atoms with Crippen LogP contribution in [0.5, 0.6) is 11.8 Å². The van der Waals surface area contributed by atoms with Gasteiger partial charge in [-0.25, -0.2) is 14.5 Å². The Morgan fingerprint density at radius 2 is 2.03 bits per heavy atom. The SMILES string of the molecule is Cc1[nH]nc2c1C(c1cnn(C)c1)c1c(ncn3nc(-c4cc(C5CC5)[nH]n4)nc13)O2. The smallest absolute Gasteiger partial charge is 0.244 e. The summed E-state index contributed by atoms with van der Waals surface area (Å²) in [5.74, 6) is 1.95. The van der Waals surface area contributed by atoms with Gasteiger partial charge in [0, 0.05) is 41.7 Å². The lowest BCUT2D eigenvalue weighted by molar-refractivity contribution is 0.416. The molecule has 0 bridgehead atoms. The molecule has 1 fully saturated rings. The predicted molar refractivity (Wildman–Crippen MR) is 108 cm³/mol. The minimum absolute atomic E-state index is 0.180. The van der Waals surface area contributed by atoms with E-state index in [0.29, 0.717) is 29.1 Å². The summed E-state index contributed by atoms with van der Waals surface area (Å²) in [5.41, 5.74) is 6.28. The molecule has 0 spiro atoms. The molecule has 0 aromatic carbocycles. The standard InChI is InChI=1S/C20H18N10O/c1-9-14-15(11-6-22-29(2)7-11)16-18-23-17(13-5-12(25-26-13)10-3-4-10)28-30(18)8-21-19(16)31-20(14)27-24-9/h5-8,10,15H,3-4H2,1-2H3,(H,24,27)(H,25,26). The van der Waals surface area contributed by atoms with Crippen LogP contribution in [0.4, 0.5) is 0 Å². The second kappa shape index (κ2) is 5.78. The van der Waals surface area contributed by atoms with Crippen LogP contribution in [0.25, 0.3) is 17.2 Å². The van der Waals surface area contributed by atoms with Gasteiger partial charge in [-0.2, -0.15) is 10.2 Å². The van der Waals surface area contributed by atoms with Crippen molar-refractivity contribution < 1.29 is 4.74 Å². The van der Waals surface area contributed by atoms with Crippen LogP contribution in [0, 0.1) is 6.92 Å². The van der Waals surface area contributed by atoms with Crippen LogP contribution in [0.2, 0.25) is 0 Å². The zero-order chi connectivity index (χ0) is 20.7. The lowest BCUT2D eigenvalue weighted by Crippen LogP contribution is -2.14. The summed E-state index contributed by atoms with van der Waals surface area (Å²) < 4.78 is 9.51. The number of aryl methyl sites for hydroxylation is 2. The fraction of sp³-hybridized carbons (Fsp3) is 0.300. The lowest BCUT2D eigenvalue weighted by atomic mass is 9.86. The number of aromatic amines is 2. The number of nitrogens with one attached hydrogen (secondary N) is 2. The van der Waals surface area contributed by atoms with Crippen LogP contribution in [0.15, 0.2) is 24.8 Å². The van der Waals surface area contributed by atoms with Gasteiger partial charge in [0.25, 0.3) is 0 Å². The molecule has 6 heterocycles. The number of rotatable bonds is 3. The van der Waals surface area contributed by atoms with Gasteiger partial charge in [0.15, 0.2) is 5.65 Å². The van der Waals surface area contributed by atoms with Gasteiger partial charge in [0.2, 0.25) is 17.6 Å². The van der Waals surface area contributed by atoms with Crippen LogP contribution >= 0.6 is 0 Å². The monoisotopic (exact) mass is 414 g/mol. The zero-order valence-electron chi connectivity index (χ0n) is 16.9. The molecular weight excluding hydrogens is 396 g/mol. The van der Waals surface area contributed by atoms with Crippen molar-refractivity contribution in [3.63, 3.8) is 0 Å². The number of nitrogens with zero attached hydrogens (tertiary/aromatic N) is 8. The summed E-state index contributed by atoms with van der Waals surface area (Å²) in [4.78, 5) is 9.37. The van der Waals surface area contributed by atoms with Crippen LogP contribution in [0.1, 0.15) is 52.8 Å². The minimum atomic E-state index is -0.180. The first-order chi connectivity index (χ1) is 15.2. The third-order valence-electron chi connectivity index (χ3n) is 6.02. The molecule has 0 amide bonds. The van der Waals surface area contributed by atoms with E-state index in [-0.39, 0.29) is 5.92 Å². The third kappa shape index (κ3) is 2.39. The molecule has 1 aliphatic heterocycles. The fourth-order valence-electron chi connectivity index (χ4n) is 4.35. The van der Waals surface area contributed by atoms with E-state index in [1.54, 1.807) is 15.5 Å². The van der Waals surface area contributed by atoms with Gasteiger partial charge in [0.05, 0.1) is 17.7 Å². The van der Waals surface area contributed by atoms with E-state index < -0.39 is 0 Å². The first-order valence-electron chi connectivity index (χ1n) is 10.2. The summed E-state index contributed by atoms with van der Waals surface area (Å²) in [6.07, 6.45) is 7.87. The van der Waals surface area contributed by atoms with E-state index in [9.17, 15) is 0 Å². The zero-order valence-corrected chi connectivity index (χ0v) is 16.9. The molecule has 154 valence electrons. The maximum absolute atomic E-state index is 6.04. The van der Waals surface area contributed by atoms with E-state index in [4.69, 9.17) is 9.72 Å². The molecule has 5 aromatic heterocycles. The van der Waals surface area contributed by atoms with E-state index in [1.807, 2.05) is 32.4 Å². The average molecular weight is 414 g/mol. The van der Waals surface area contributed by atoms with Crippen molar-refractivity contribution in [3.8, 4) is 23.3 Å². The minimum Gasteiger partial charge on any atom is -0.418 e. The number of hydrogen-bond acceptors (Lipinski definition) is 7. The Bertz CT molecular complexity index is 1470. The Morgan fingerprint density at radius 1 is 1.13 bits per heavy atom. The maximum atomic E-state index is 6.04. The number of fused-ring (bicyclic) bond motifs is 4.